The Morgan fingerprint density at radius 3 is 2.78 bits per heavy atom. The average molecular weight is 429 g/mol. The minimum Gasteiger partial charge on any atom is -0.379 e. The summed E-state index contributed by atoms with van der Waals surface area (Å²) in [4.78, 5) is 12.6. The van der Waals surface area contributed by atoms with E-state index in [1.54, 1.807) is 31.5 Å². The molecule has 2 heterocycles. The third kappa shape index (κ3) is 4.85. The van der Waals surface area contributed by atoms with E-state index < -0.39 is 15.3 Å². The Balaban J connectivity index is 1.75. The number of aryl methyl sites for hydroxylation is 1. The van der Waals surface area contributed by atoms with Crippen molar-refractivity contribution >= 4 is 44.7 Å². The maximum absolute atomic E-state index is 12.9. The van der Waals surface area contributed by atoms with Gasteiger partial charge in [-0.25, -0.2) is 8.42 Å². The molecule has 3 rings (SSSR count). The topological polar surface area (TPSA) is 101 Å². The quantitative estimate of drug-likeness (QED) is 0.702. The number of ether oxygens (including phenoxy) is 1. The molecule has 1 aliphatic heterocycles. The monoisotopic (exact) mass is 428 g/mol. The van der Waals surface area contributed by atoms with E-state index in [2.05, 4.69) is 15.5 Å². The van der Waals surface area contributed by atoms with Crippen molar-refractivity contribution < 1.29 is 17.9 Å². The van der Waals surface area contributed by atoms with E-state index in [1.165, 1.54) is 33.5 Å². The Morgan fingerprint density at radius 1 is 1.37 bits per heavy atom. The van der Waals surface area contributed by atoms with Gasteiger partial charge in [0.15, 0.2) is 4.34 Å². The van der Waals surface area contributed by atoms with Crippen molar-refractivity contribution in [2.45, 2.75) is 28.3 Å². The van der Waals surface area contributed by atoms with Crippen molar-refractivity contribution in [2.24, 2.45) is 0 Å². The van der Waals surface area contributed by atoms with Gasteiger partial charge in [-0.1, -0.05) is 29.2 Å². The fourth-order valence-electron chi connectivity index (χ4n) is 2.54. The zero-order valence-electron chi connectivity index (χ0n) is 14.9. The predicted molar refractivity (Wildman–Crippen MR) is 105 cm³/mol. The summed E-state index contributed by atoms with van der Waals surface area (Å²) in [5.74, 6) is -0.228. The number of thioether (sulfide) groups is 1. The molecular formula is C16H20N4O4S3. The lowest BCUT2D eigenvalue weighted by molar-refractivity contribution is -0.115. The molecule has 1 amide bonds. The van der Waals surface area contributed by atoms with Crippen LogP contribution >= 0.6 is 23.1 Å². The molecular weight excluding hydrogens is 408 g/mol. The third-order valence-electron chi connectivity index (χ3n) is 4.03. The van der Waals surface area contributed by atoms with Gasteiger partial charge in [-0.3, -0.25) is 4.79 Å². The van der Waals surface area contributed by atoms with Crippen LogP contribution in [0.2, 0.25) is 0 Å². The highest BCUT2D eigenvalue weighted by molar-refractivity contribution is 8.02. The molecule has 1 N–H and O–H groups in total. The molecule has 1 aromatic carbocycles. The van der Waals surface area contributed by atoms with Gasteiger partial charge in [0, 0.05) is 18.8 Å². The first-order chi connectivity index (χ1) is 12.9. The van der Waals surface area contributed by atoms with Crippen LogP contribution in [0.1, 0.15) is 12.5 Å². The molecule has 1 unspecified atom stereocenters. The number of rotatable bonds is 6. The molecule has 1 aromatic heterocycles. The van der Waals surface area contributed by atoms with E-state index in [0.717, 1.165) is 0 Å². The minimum atomic E-state index is -3.63. The Bertz CT molecular complexity index is 896. The zero-order valence-corrected chi connectivity index (χ0v) is 17.4. The van der Waals surface area contributed by atoms with Gasteiger partial charge in [0.1, 0.15) is 5.51 Å². The molecule has 0 aliphatic carbocycles. The maximum atomic E-state index is 12.9. The first-order valence-corrected chi connectivity index (χ1v) is 11.5. The molecule has 2 aromatic rings. The number of sulfonamides is 1. The Hall–Kier alpha value is -1.53. The van der Waals surface area contributed by atoms with Crippen LogP contribution in [0.15, 0.2) is 32.9 Å². The Morgan fingerprint density at radius 2 is 2.11 bits per heavy atom. The van der Waals surface area contributed by atoms with Crippen LogP contribution in [0.25, 0.3) is 0 Å². The van der Waals surface area contributed by atoms with Gasteiger partial charge in [0.2, 0.25) is 15.9 Å². The molecule has 146 valence electrons. The standard InChI is InChI=1S/C16H20N4O4S3/c1-11-3-4-13(18-15(21)12(2)26-16-19-17-10-25-16)9-14(11)27(22,23)20-5-7-24-8-6-20/h3-4,9-10,12H,5-8H2,1-2H3,(H,18,21). The van der Waals surface area contributed by atoms with Gasteiger partial charge in [0.25, 0.3) is 0 Å². The van der Waals surface area contributed by atoms with E-state index in [4.69, 9.17) is 4.74 Å². The number of hydrogen-bond donors (Lipinski definition) is 1. The van der Waals surface area contributed by atoms with Crippen LogP contribution in [0.5, 0.6) is 0 Å². The van der Waals surface area contributed by atoms with Crippen molar-refractivity contribution in [1.82, 2.24) is 14.5 Å². The number of morpholine rings is 1. The van der Waals surface area contributed by atoms with E-state index in [-0.39, 0.29) is 10.8 Å². The summed E-state index contributed by atoms with van der Waals surface area (Å²) in [5.41, 5.74) is 2.69. The second-order valence-corrected chi connectivity index (χ2v) is 10.3. The van der Waals surface area contributed by atoms with Gasteiger partial charge in [-0.2, -0.15) is 4.31 Å². The molecule has 0 spiro atoms. The lowest BCUT2D eigenvalue weighted by Crippen LogP contribution is -2.40. The molecule has 1 aliphatic rings. The smallest absolute Gasteiger partial charge is 0.243 e. The van der Waals surface area contributed by atoms with Crippen LogP contribution in [0.3, 0.4) is 0 Å². The number of carbonyl (C=O) groups excluding carboxylic acids is 1. The van der Waals surface area contributed by atoms with Crippen LogP contribution in [-0.4, -0.2) is 60.4 Å². The summed E-state index contributed by atoms with van der Waals surface area (Å²) in [6.07, 6.45) is 0. The fourth-order valence-corrected chi connectivity index (χ4v) is 5.83. The second-order valence-electron chi connectivity index (χ2n) is 5.95. The summed E-state index contributed by atoms with van der Waals surface area (Å²) in [5, 5.41) is 10.1. The molecule has 1 fully saturated rings. The Labute approximate surface area is 166 Å². The van der Waals surface area contributed by atoms with Crippen molar-refractivity contribution in [1.29, 1.82) is 0 Å². The third-order valence-corrected chi connectivity index (χ3v) is 7.98. The number of aromatic nitrogens is 2. The van der Waals surface area contributed by atoms with E-state index in [9.17, 15) is 13.2 Å². The summed E-state index contributed by atoms with van der Waals surface area (Å²) in [6, 6.07) is 4.92. The molecule has 0 radical (unpaired) electrons. The first kappa shape index (κ1) is 20.2. The average Bonchev–Trinajstić information content (AvgIpc) is 3.17. The number of hydrogen-bond acceptors (Lipinski definition) is 8. The highest BCUT2D eigenvalue weighted by atomic mass is 32.2. The summed E-state index contributed by atoms with van der Waals surface area (Å²) >= 11 is 2.67. The van der Waals surface area contributed by atoms with Crippen molar-refractivity contribution in [3.63, 3.8) is 0 Å². The number of anilines is 1. The van der Waals surface area contributed by atoms with Gasteiger partial charge in [-0.05, 0) is 31.5 Å². The molecule has 0 bridgehead atoms. The van der Waals surface area contributed by atoms with Crippen molar-refractivity contribution in [2.75, 3.05) is 31.6 Å². The van der Waals surface area contributed by atoms with Gasteiger partial charge in [-0.15, -0.1) is 10.2 Å². The summed E-state index contributed by atoms with van der Waals surface area (Å²) < 4.78 is 33.2. The van der Waals surface area contributed by atoms with Gasteiger partial charge in [0.05, 0.1) is 23.4 Å². The number of nitrogens with zero attached hydrogens (tertiary/aromatic N) is 3. The zero-order chi connectivity index (χ0) is 19.4. The van der Waals surface area contributed by atoms with Crippen LogP contribution in [0, 0.1) is 6.92 Å². The van der Waals surface area contributed by atoms with Crippen molar-refractivity contribution in [3.05, 3.63) is 29.3 Å². The highest BCUT2D eigenvalue weighted by Crippen LogP contribution is 2.27. The number of amides is 1. The van der Waals surface area contributed by atoms with E-state index >= 15 is 0 Å². The summed E-state index contributed by atoms with van der Waals surface area (Å²) in [7, 11) is -3.63. The highest BCUT2D eigenvalue weighted by Gasteiger charge is 2.28. The second kappa shape index (κ2) is 8.65. The summed E-state index contributed by atoms with van der Waals surface area (Å²) in [6.45, 7) is 4.93. The lowest BCUT2D eigenvalue weighted by atomic mass is 10.2. The van der Waals surface area contributed by atoms with Crippen LogP contribution in [-0.2, 0) is 19.6 Å². The maximum Gasteiger partial charge on any atom is 0.243 e. The van der Waals surface area contributed by atoms with E-state index in [0.29, 0.717) is 41.9 Å². The molecule has 0 saturated carbocycles. The number of nitrogens with one attached hydrogen (secondary N) is 1. The lowest BCUT2D eigenvalue weighted by Gasteiger charge is -2.27. The minimum absolute atomic E-state index is 0.201. The van der Waals surface area contributed by atoms with Crippen LogP contribution < -0.4 is 5.32 Å². The number of carbonyl (C=O) groups is 1. The van der Waals surface area contributed by atoms with Crippen LogP contribution in [0.4, 0.5) is 5.69 Å². The molecule has 11 heteroatoms. The molecule has 1 saturated heterocycles. The van der Waals surface area contributed by atoms with E-state index in [1.807, 2.05) is 0 Å². The largest absolute Gasteiger partial charge is 0.379 e. The van der Waals surface area contributed by atoms with Gasteiger partial charge >= 0.3 is 0 Å². The fraction of sp³-hybridized carbons (Fsp3) is 0.438. The molecule has 1 atom stereocenters. The van der Waals surface area contributed by atoms with Crippen molar-refractivity contribution in [3.8, 4) is 0 Å². The normalized spacial score (nSPS) is 16.8. The molecule has 27 heavy (non-hydrogen) atoms. The number of benzene rings is 1. The molecule has 8 nitrogen and oxygen atoms in total. The first-order valence-electron chi connectivity index (χ1n) is 8.30. The predicted octanol–water partition coefficient (Wildman–Crippen LogP) is 1.99. The SMILES string of the molecule is Cc1ccc(NC(=O)C(C)Sc2nncs2)cc1S(=O)(=O)N1CCOCC1. The van der Waals surface area contributed by atoms with Gasteiger partial charge < -0.3 is 10.1 Å². The Kier molecular flexibility index (Phi) is 6.48.